The van der Waals surface area contributed by atoms with Crippen LogP contribution >= 0.6 is 0 Å². The van der Waals surface area contributed by atoms with Gasteiger partial charge in [-0.25, -0.2) is 9.59 Å². The van der Waals surface area contributed by atoms with Gasteiger partial charge in [-0.2, -0.15) is 0 Å². The molecule has 0 aromatic rings. The Hall–Kier alpha value is -3.93. The average Bonchev–Trinajstić information content (AvgIpc) is 0.789. The second-order valence-electron chi connectivity index (χ2n) is 21.9. The number of hydrogen-bond acceptors (Lipinski definition) is 37. The minimum Gasteiger partial charge on any atom is -0.477 e. The van der Waals surface area contributed by atoms with E-state index in [1.807, 2.05) is 10.6 Å². The van der Waals surface area contributed by atoms with Crippen LogP contribution in [0, 0.1) is 0 Å². The monoisotopic (exact) mass is 1320 g/mol. The van der Waals surface area contributed by atoms with E-state index in [9.17, 15) is 141 Å². The molecule has 0 aromatic heterocycles. The lowest BCUT2D eigenvalue weighted by Gasteiger charge is -2.53. The van der Waals surface area contributed by atoms with Crippen LogP contribution in [0.25, 0.3) is 0 Å². The number of carbonyl (C=O) groups is 5. The number of nitrogens with one attached hydrogen (secondary N) is 3. The van der Waals surface area contributed by atoms with Gasteiger partial charge in [0.1, 0.15) is 147 Å². The summed E-state index contributed by atoms with van der Waals surface area (Å²) in [5.41, 5.74) is 0. The predicted octanol–water partition coefficient (Wildman–Crippen LogP) is -17.3. The van der Waals surface area contributed by atoms with Crippen LogP contribution < -0.4 is 16.0 Å². The number of carboxylic acid groups (broad SMARTS) is 2. The molecule has 6 aliphatic heterocycles. The molecule has 6 rings (SSSR count). The molecule has 3 amide bonds. The lowest BCUT2D eigenvalue weighted by Crippen LogP contribution is -2.73. The average molecular weight is 1320 g/mol. The van der Waals surface area contributed by atoms with Crippen molar-refractivity contribution in [1.29, 1.82) is 0 Å². The molecule has 0 spiro atoms. The van der Waals surface area contributed by atoms with Gasteiger partial charge in [-0.15, -0.1) is 0 Å². The van der Waals surface area contributed by atoms with Crippen molar-refractivity contribution in [3.05, 3.63) is 0 Å². The van der Waals surface area contributed by atoms with E-state index in [4.69, 9.17) is 52.1 Å². The Labute approximate surface area is 506 Å². The number of carbonyl (C=O) groups excluding carboxylic acids is 3. The Kier molecular flexibility index (Phi) is 26.7. The van der Waals surface area contributed by atoms with Crippen LogP contribution in [-0.2, 0) is 76.1 Å². The van der Waals surface area contributed by atoms with Crippen molar-refractivity contribution in [2.24, 2.45) is 0 Å². The predicted molar refractivity (Wildman–Crippen MR) is 271 cm³/mol. The Morgan fingerprint density at radius 1 is 0.478 bits per heavy atom. The second kappa shape index (κ2) is 32.0. The standard InChI is InChI=1S/C48H79N3O39/c1-12(60)49-25-37(86-43-33(73)30(70)27(67)16(5-53)82-43)28(68)17(6-54)81-42(25)85-36-20(9-57)83-44(84-35-19(8-56)80-41(75)32(72)31(35)71)34(74)40(36)90-48(46(78)79)3-14(62)24(51-22(65)11-59)39(89-48)29(69)18(7-55)87-47(45(76)77)2-13(61)23(50-21(64)10-58)38(88-47)26(66)15(63)4-52/h13-20,23-44,52-59,61-63,66-75H,2-11H2,1H3,(H,49,60)(H,50,64)(H,51,65)(H,76,77)(H,78,79)/t13-,14-,15+,16+,17+,18+,19+,20+,23+,24+,25+,26+,27-,28-,29+,30-,31+,32+,33+,34+,35+,36-,37+,38+,39+,40+,41+,42-,43-,44-,47+,48-/m0/s1. The zero-order valence-corrected chi connectivity index (χ0v) is 47.2. The fourth-order valence-corrected chi connectivity index (χ4v) is 11.1. The van der Waals surface area contributed by atoms with Crippen LogP contribution in [0.1, 0.15) is 19.8 Å². The molecule has 0 unspecified atom stereocenters. The third-order valence-corrected chi connectivity index (χ3v) is 15.8. The van der Waals surface area contributed by atoms with Gasteiger partial charge in [-0.1, -0.05) is 0 Å². The van der Waals surface area contributed by atoms with Crippen LogP contribution in [0.4, 0.5) is 0 Å². The number of hydrogen-bond donors (Lipinski definition) is 26. The van der Waals surface area contributed by atoms with Gasteiger partial charge >= 0.3 is 11.9 Å². The fourth-order valence-electron chi connectivity index (χ4n) is 11.1. The van der Waals surface area contributed by atoms with Crippen molar-refractivity contribution in [1.82, 2.24) is 16.0 Å². The van der Waals surface area contributed by atoms with Crippen LogP contribution in [0.3, 0.4) is 0 Å². The quantitative estimate of drug-likeness (QED) is 0.0363. The normalized spacial score (nSPS) is 43.9. The molecular weight excluding hydrogens is 1240 g/mol. The smallest absolute Gasteiger partial charge is 0.364 e. The molecular formula is C48H79N3O39. The lowest BCUT2D eigenvalue weighted by atomic mass is 9.87. The largest absolute Gasteiger partial charge is 0.477 e. The first-order valence-corrected chi connectivity index (χ1v) is 27.7. The van der Waals surface area contributed by atoms with Crippen molar-refractivity contribution < 1.29 is 194 Å². The number of amides is 3. The summed E-state index contributed by atoms with van der Waals surface area (Å²) in [5.74, 6) is -15.6. The van der Waals surface area contributed by atoms with Crippen molar-refractivity contribution in [3.8, 4) is 0 Å². The fraction of sp³-hybridized carbons (Fsp3) is 0.896. The summed E-state index contributed by atoms with van der Waals surface area (Å²) in [7, 11) is 0. The Morgan fingerprint density at radius 3 is 1.46 bits per heavy atom. The van der Waals surface area contributed by atoms with E-state index in [0.717, 1.165) is 6.92 Å². The van der Waals surface area contributed by atoms with Gasteiger partial charge in [-0.05, 0) is 0 Å². The first-order valence-electron chi connectivity index (χ1n) is 27.7. The SMILES string of the molecule is CC(=O)N[C@H]1[C@H](O[C@@H]2[C@H](O[C@]3(C(=O)O)C[C@H](O)[C@@H](NC(=O)CO)[C@H]([C@H](O)[C@@H](CO)O[C@]4(C(=O)O)C[C@H](O)[C@@H](NC(=O)CO)[C@H]([C@H](O)[C@H](O)CO)O4)O3)[C@@H](O)[C@H](O[C@H]3[C@H](O)[C@@H](O)[C@H](O)O[C@@H]3CO)O[C@@H]2CO)O[C@H](CO)[C@H](O)[C@@H]1O[C@@H]1O[C@H](CO)[C@H](O)[C@H](O)[C@H]1O. The number of aliphatic hydroxyl groups excluding tert-OH is 21. The molecule has 520 valence electrons. The summed E-state index contributed by atoms with van der Waals surface area (Å²) in [4.78, 5) is 65.4. The number of rotatable bonds is 27. The molecule has 6 heterocycles. The third kappa shape index (κ3) is 16.1. The first-order chi connectivity index (χ1) is 42.4. The van der Waals surface area contributed by atoms with Crippen LogP contribution in [-0.4, -0.2) is 395 Å². The van der Waals surface area contributed by atoms with Crippen molar-refractivity contribution >= 4 is 29.7 Å². The summed E-state index contributed by atoms with van der Waals surface area (Å²) < 4.78 is 63.2. The second-order valence-corrected chi connectivity index (χ2v) is 21.9. The van der Waals surface area contributed by atoms with E-state index in [1.165, 1.54) is 0 Å². The van der Waals surface area contributed by atoms with Crippen molar-refractivity contribution in [2.45, 2.75) is 215 Å². The van der Waals surface area contributed by atoms with Gasteiger partial charge in [-0.3, -0.25) is 14.4 Å². The number of aliphatic hydroxyl groups is 21. The summed E-state index contributed by atoms with van der Waals surface area (Å²) in [5, 5.41) is 254. The third-order valence-electron chi connectivity index (χ3n) is 15.8. The molecule has 0 saturated carbocycles. The van der Waals surface area contributed by atoms with E-state index in [1.54, 1.807) is 0 Å². The zero-order valence-electron chi connectivity index (χ0n) is 47.2. The Bertz CT molecular complexity index is 2350. The number of carboxylic acids is 2. The van der Waals surface area contributed by atoms with Crippen LogP contribution in [0.15, 0.2) is 0 Å². The van der Waals surface area contributed by atoms with E-state index in [2.05, 4.69) is 5.32 Å². The first kappa shape index (κ1) is 75.1. The molecule has 32 atom stereocenters. The van der Waals surface area contributed by atoms with Gasteiger partial charge < -0.3 is 186 Å². The summed E-state index contributed by atoms with van der Waals surface area (Å²) in [6.45, 7) is -9.43. The molecule has 0 aliphatic carbocycles. The summed E-state index contributed by atoms with van der Waals surface area (Å²) >= 11 is 0. The van der Waals surface area contributed by atoms with Gasteiger partial charge in [0.25, 0.3) is 11.6 Å². The molecule has 0 bridgehead atoms. The molecule has 6 aliphatic rings. The molecule has 90 heavy (non-hydrogen) atoms. The van der Waals surface area contributed by atoms with E-state index >= 15 is 0 Å². The summed E-state index contributed by atoms with van der Waals surface area (Å²) in [6, 6.07) is -6.23. The minimum atomic E-state index is -3.72. The topological polar surface area (TPSA) is 688 Å². The number of aliphatic carboxylic acids is 2. The van der Waals surface area contributed by atoms with Gasteiger partial charge in [0.2, 0.25) is 17.7 Å². The lowest BCUT2D eigenvalue weighted by molar-refractivity contribution is -0.403. The van der Waals surface area contributed by atoms with E-state index in [-0.39, 0.29) is 0 Å². The highest BCUT2D eigenvalue weighted by atomic mass is 16.8. The van der Waals surface area contributed by atoms with E-state index in [0.29, 0.717) is 0 Å². The molecule has 6 fully saturated rings. The molecule has 0 radical (unpaired) electrons. The van der Waals surface area contributed by atoms with Crippen molar-refractivity contribution in [2.75, 3.05) is 52.9 Å². The Balaban J connectivity index is 1.47. The maximum Gasteiger partial charge on any atom is 0.364 e. The summed E-state index contributed by atoms with van der Waals surface area (Å²) in [6.07, 6.45) is -64.5. The van der Waals surface area contributed by atoms with E-state index < -0.39 is 291 Å². The van der Waals surface area contributed by atoms with Crippen LogP contribution in [0.5, 0.6) is 0 Å². The molecule has 26 N–H and O–H groups in total. The highest BCUT2D eigenvalue weighted by Crippen LogP contribution is 2.42. The van der Waals surface area contributed by atoms with Crippen LogP contribution in [0.2, 0.25) is 0 Å². The maximum absolute atomic E-state index is 14.0. The maximum atomic E-state index is 14.0. The van der Waals surface area contributed by atoms with Crippen molar-refractivity contribution in [3.63, 3.8) is 0 Å². The molecule has 6 saturated heterocycles. The Morgan fingerprint density at radius 2 is 0.944 bits per heavy atom. The minimum absolute atomic E-state index is 0.884. The highest BCUT2D eigenvalue weighted by Gasteiger charge is 2.64. The van der Waals surface area contributed by atoms with Gasteiger partial charge in [0.15, 0.2) is 25.2 Å². The number of ether oxygens (including phenoxy) is 11. The molecule has 42 nitrogen and oxygen atoms in total. The molecule has 0 aromatic carbocycles. The highest BCUT2D eigenvalue weighted by molar-refractivity contribution is 5.79. The zero-order chi connectivity index (χ0) is 67.2. The van der Waals surface area contributed by atoms with Gasteiger partial charge in [0, 0.05) is 19.8 Å². The molecule has 42 heteroatoms. The van der Waals surface area contributed by atoms with Gasteiger partial charge in [0.05, 0.1) is 63.9 Å².